The van der Waals surface area contributed by atoms with Crippen LogP contribution in [0.2, 0.25) is 0 Å². The smallest absolute Gasteiger partial charge is 0.338 e. The molecule has 3 amide bonds. The van der Waals surface area contributed by atoms with Crippen LogP contribution in [0, 0.1) is 0 Å². The van der Waals surface area contributed by atoms with Crippen molar-refractivity contribution in [2.75, 3.05) is 6.26 Å². The van der Waals surface area contributed by atoms with Crippen LogP contribution in [-0.2, 0) is 19.4 Å². The number of hydrogen-bond donors (Lipinski definition) is 2. The fourth-order valence-corrected chi connectivity index (χ4v) is 2.39. The van der Waals surface area contributed by atoms with Crippen LogP contribution in [0.25, 0.3) is 0 Å². The van der Waals surface area contributed by atoms with Gasteiger partial charge in [-0.25, -0.2) is 18.0 Å². The van der Waals surface area contributed by atoms with Gasteiger partial charge in [0.15, 0.2) is 15.9 Å². The van der Waals surface area contributed by atoms with E-state index in [0.29, 0.717) is 0 Å². The molecule has 0 aliphatic rings. The number of sulfone groups is 1. The molecular formula is C16H22N2O6S. The predicted molar refractivity (Wildman–Crippen MR) is 90.9 cm³/mol. The van der Waals surface area contributed by atoms with Crippen LogP contribution in [0.4, 0.5) is 4.79 Å². The molecule has 25 heavy (non-hydrogen) atoms. The van der Waals surface area contributed by atoms with Gasteiger partial charge in [0.05, 0.1) is 10.5 Å². The maximum atomic E-state index is 12.1. The molecule has 0 aliphatic heterocycles. The highest BCUT2D eigenvalue weighted by atomic mass is 32.2. The van der Waals surface area contributed by atoms with Gasteiger partial charge in [0.25, 0.3) is 5.91 Å². The summed E-state index contributed by atoms with van der Waals surface area (Å²) in [5, 5.41) is 4.60. The van der Waals surface area contributed by atoms with E-state index in [1.165, 1.54) is 25.1 Å². The molecule has 0 aliphatic carbocycles. The monoisotopic (exact) mass is 370 g/mol. The normalized spacial score (nSPS) is 12.8. The van der Waals surface area contributed by atoms with Gasteiger partial charge in [-0.3, -0.25) is 10.1 Å². The molecular weight excluding hydrogens is 348 g/mol. The first-order valence-corrected chi connectivity index (χ1v) is 9.33. The second-order valence-electron chi connectivity index (χ2n) is 6.54. The van der Waals surface area contributed by atoms with Crippen molar-refractivity contribution in [3.63, 3.8) is 0 Å². The maximum Gasteiger partial charge on any atom is 0.338 e. The molecule has 0 fully saturated rings. The van der Waals surface area contributed by atoms with Crippen LogP contribution < -0.4 is 10.6 Å². The minimum Gasteiger partial charge on any atom is -0.449 e. The summed E-state index contributed by atoms with van der Waals surface area (Å²) in [4.78, 5) is 35.5. The van der Waals surface area contributed by atoms with Crippen LogP contribution in [0.3, 0.4) is 0 Å². The van der Waals surface area contributed by atoms with Crippen LogP contribution in [-0.4, -0.2) is 44.2 Å². The third kappa shape index (κ3) is 6.92. The minimum absolute atomic E-state index is 0.0123. The highest BCUT2D eigenvalue weighted by Gasteiger charge is 2.23. The van der Waals surface area contributed by atoms with Crippen molar-refractivity contribution in [1.29, 1.82) is 0 Å². The van der Waals surface area contributed by atoms with Crippen LogP contribution in [0.5, 0.6) is 0 Å². The summed E-state index contributed by atoms with van der Waals surface area (Å²) in [6.45, 7) is 6.54. The van der Waals surface area contributed by atoms with Gasteiger partial charge in [-0.15, -0.1) is 0 Å². The van der Waals surface area contributed by atoms with E-state index >= 15 is 0 Å². The molecule has 1 atom stereocenters. The van der Waals surface area contributed by atoms with Gasteiger partial charge in [0, 0.05) is 11.8 Å². The van der Waals surface area contributed by atoms with Gasteiger partial charge in [-0.2, -0.15) is 0 Å². The molecule has 0 aromatic heterocycles. The van der Waals surface area contributed by atoms with Gasteiger partial charge >= 0.3 is 12.0 Å². The molecule has 1 rings (SSSR count). The number of imide groups is 1. The van der Waals surface area contributed by atoms with E-state index in [4.69, 9.17) is 4.74 Å². The van der Waals surface area contributed by atoms with Crippen LogP contribution in [0.15, 0.2) is 29.2 Å². The van der Waals surface area contributed by atoms with E-state index in [1.807, 2.05) is 0 Å². The molecule has 0 bridgehead atoms. The molecule has 1 unspecified atom stereocenters. The molecule has 0 spiro atoms. The zero-order valence-corrected chi connectivity index (χ0v) is 15.6. The standard InChI is InChI=1S/C16H22N2O6S/c1-10(13(19)17-15(21)18-16(2,3)4)24-14(20)11-7-6-8-12(9-11)25(5,22)23/h6-10H,1-5H3,(H2,17,18,19,21). The largest absolute Gasteiger partial charge is 0.449 e. The summed E-state index contributed by atoms with van der Waals surface area (Å²) in [6.07, 6.45) is -0.221. The quantitative estimate of drug-likeness (QED) is 0.770. The Kier molecular flexibility index (Phi) is 6.31. The highest BCUT2D eigenvalue weighted by Crippen LogP contribution is 2.13. The fraction of sp³-hybridized carbons (Fsp3) is 0.438. The van der Waals surface area contributed by atoms with Crippen molar-refractivity contribution in [3.8, 4) is 0 Å². The number of rotatable bonds is 4. The Bertz CT molecular complexity index is 780. The summed E-state index contributed by atoms with van der Waals surface area (Å²) in [6, 6.07) is 4.57. The Hall–Kier alpha value is -2.42. The summed E-state index contributed by atoms with van der Waals surface area (Å²) in [5.74, 6) is -1.67. The highest BCUT2D eigenvalue weighted by molar-refractivity contribution is 7.90. The van der Waals surface area contributed by atoms with Gasteiger partial charge in [0.2, 0.25) is 0 Å². The first-order valence-electron chi connectivity index (χ1n) is 7.44. The summed E-state index contributed by atoms with van der Waals surface area (Å²) in [7, 11) is -3.48. The van der Waals surface area contributed by atoms with Crippen molar-refractivity contribution in [2.24, 2.45) is 0 Å². The molecule has 2 N–H and O–H groups in total. The minimum atomic E-state index is -3.48. The predicted octanol–water partition coefficient (Wildman–Crippen LogP) is 1.26. The SMILES string of the molecule is CC(OC(=O)c1cccc(S(C)(=O)=O)c1)C(=O)NC(=O)NC(C)(C)C. The first kappa shape index (κ1) is 20.6. The number of carbonyl (C=O) groups is 3. The number of carbonyl (C=O) groups excluding carboxylic acids is 3. The van der Waals surface area contributed by atoms with E-state index < -0.39 is 39.4 Å². The second-order valence-corrected chi connectivity index (χ2v) is 8.56. The Morgan fingerprint density at radius 1 is 1.16 bits per heavy atom. The van der Waals surface area contributed by atoms with Crippen molar-refractivity contribution in [3.05, 3.63) is 29.8 Å². The number of nitrogens with one attached hydrogen (secondary N) is 2. The Morgan fingerprint density at radius 2 is 1.76 bits per heavy atom. The molecule has 1 aromatic carbocycles. The zero-order chi connectivity index (χ0) is 19.4. The Morgan fingerprint density at radius 3 is 2.28 bits per heavy atom. The van der Waals surface area contributed by atoms with Crippen molar-refractivity contribution in [2.45, 2.75) is 44.2 Å². The summed E-state index contributed by atoms with van der Waals surface area (Å²) < 4.78 is 28.0. The Labute approximate surface area is 146 Å². The number of urea groups is 1. The number of benzene rings is 1. The van der Waals surface area contributed by atoms with Crippen molar-refractivity contribution < 1.29 is 27.5 Å². The lowest BCUT2D eigenvalue weighted by atomic mass is 10.1. The van der Waals surface area contributed by atoms with E-state index in [0.717, 1.165) is 12.3 Å². The molecule has 9 heteroatoms. The third-order valence-corrected chi connectivity index (χ3v) is 3.99. The van der Waals surface area contributed by atoms with E-state index in [2.05, 4.69) is 10.6 Å². The lowest BCUT2D eigenvalue weighted by molar-refractivity contribution is -0.127. The van der Waals surface area contributed by atoms with E-state index in [-0.39, 0.29) is 10.5 Å². The molecule has 138 valence electrons. The molecule has 1 aromatic rings. The molecule has 0 heterocycles. The summed E-state index contributed by atoms with van der Waals surface area (Å²) in [5.41, 5.74) is -0.544. The van der Waals surface area contributed by atoms with Crippen molar-refractivity contribution >= 4 is 27.7 Å². The number of esters is 1. The maximum absolute atomic E-state index is 12.1. The third-order valence-electron chi connectivity index (χ3n) is 2.88. The number of hydrogen-bond acceptors (Lipinski definition) is 6. The molecule has 0 saturated heterocycles. The lowest BCUT2D eigenvalue weighted by Crippen LogP contribution is -2.50. The average molecular weight is 370 g/mol. The fourth-order valence-electron chi connectivity index (χ4n) is 1.72. The zero-order valence-electron chi connectivity index (χ0n) is 14.7. The summed E-state index contributed by atoms with van der Waals surface area (Å²) >= 11 is 0. The molecule has 0 radical (unpaired) electrons. The van der Waals surface area contributed by atoms with Gasteiger partial charge in [0.1, 0.15) is 0 Å². The number of ether oxygens (including phenoxy) is 1. The number of amides is 3. The second kappa shape index (κ2) is 7.64. The van der Waals surface area contributed by atoms with Crippen LogP contribution in [0.1, 0.15) is 38.1 Å². The molecule has 0 saturated carbocycles. The van der Waals surface area contributed by atoms with E-state index in [9.17, 15) is 22.8 Å². The van der Waals surface area contributed by atoms with Crippen molar-refractivity contribution in [1.82, 2.24) is 10.6 Å². The average Bonchev–Trinajstić information content (AvgIpc) is 2.44. The van der Waals surface area contributed by atoms with Gasteiger partial charge in [-0.05, 0) is 45.9 Å². The molecule has 8 nitrogen and oxygen atoms in total. The van der Waals surface area contributed by atoms with E-state index in [1.54, 1.807) is 20.8 Å². The first-order chi connectivity index (χ1) is 11.3. The van der Waals surface area contributed by atoms with Gasteiger partial charge < -0.3 is 10.1 Å². The topological polar surface area (TPSA) is 119 Å². The Balaban J connectivity index is 2.74. The van der Waals surface area contributed by atoms with Crippen LogP contribution >= 0.6 is 0 Å². The van der Waals surface area contributed by atoms with Gasteiger partial charge in [-0.1, -0.05) is 6.07 Å². The lowest BCUT2D eigenvalue weighted by Gasteiger charge is -2.21.